The molecule has 2 heterocycles. The Hall–Kier alpha value is -1.64. The van der Waals surface area contributed by atoms with Crippen LogP contribution in [-0.2, 0) is 23.1 Å². The molecule has 19 heavy (non-hydrogen) atoms. The van der Waals surface area contributed by atoms with Gasteiger partial charge in [0.1, 0.15) is 5.76 Å². The molecule has 0 aromatic carbocycles. The van der Waals surface area contributed by atoms with Crippen molar-refractivity contribution in [1.82, 2.24) is 14.5 Å². The van der Waals surface area contributed by atoms with Gasteiger partial charge in [-0.15, -0.1) is 0 Å². The number of H-pyrrole nitrogens is 1. The predicted octanol–water partition coefficient (Wildman–Crippen LogP) is 0.591. The SMILES string of the molecule is Cc1occc1CN(C)S(=O)(=O)c1[nH]ncc1CN. The number of rotatable bonds is 5. The quantitative estimate of drug-likeness (QED) is 0.836. The Bertz CT molecular complexity index is 659. The van der Waals surface area contributed by atoms with Gasteiger partial charge in [0.05, 0.1) is 12.5 Å². The highest BCUT2D eigenvalue weighted by atomic mass is 32.2. The molecular weight excluding hydrogens is 268 g/mol. The summed E-state index contributed by atoms with van der Waals surface area (Å²) in [4.78, 5) is 0. The molecule has 0 amide bonds. The summed E-state index contributed by atoms with van der Waals surface area (Å²) < 4.78 is 31.1. The number of aromatic nitrogens is 2. The van der Waals surface area contributed by atoms with Crippen LogP contribution in [0.2, 0.25) is 0 Å². The average molecular weight is 284 g/mol. The molecule has 7 nitrogen and oxygen atoms in total. The lowest BCUT2D eigenvalue weighted by Crippen LogP contribution is -2.28. The molecule has 2 aromatic rings. The van der Waals surface area contributed by atoms with E-state index in [0.29, 0.717) is 11.3 Å². The highest BCUT2D eigenvalue weighted by Crippen LogP contribution is 2.19. The predicted molar refractivity (Wildman–Crippen MR) is 68.6 cm³/mol. The second-order valence-corrected chi connectivity index (χ2v) is 6.17. The smallest absolute Gasteiger partial charge is 0.260 e. The lowest BCUT2D eigenvalue weighted by molar-refractivity contribution is 0.455. The Kier molecular flexibility index (Phi) is 3.74. The summed E-state index contributed by atoms with van der Waals surface area (Å²) in [5, 5.41) is 6.26. The van der Waals surface area contributed by atoms with Gasteiger partial charge in [0, 0.05) is 31.3 Å². The number of nitrogens with two attached hydrogens (primary N) is 1. The Balaban J connectivity index is 2.27. The van der Waals surface area contributed by atoms with Crippen LogP contribution in [0.5, 0.6) is 0 Å². The summed E-state index contributed by atoms with van der Waals surface area (Å²) >= 11 is 0. The van der Waals surface area contributed by atoms with E-state index in [9.17, 15) is 8.42 Å². The largest absolute Gasteiger partial charge is 0.469 e. The Morgan fingerprint density at radius 2 is 2.21 bits per heavy atom. The van der Waals surface area contributed by atoms with E-state index in [1.807, 2.05) is 0 Å². The van der Waals surface area contributed by atoms with Crippen molar-refractivity contribution in [3.05, 3.63) is 35.4 Å². The molecule has 0 saturated heterocycles. The standard InChI is InChI=1S/C11H16N4O3S/c1-8-9(3-4-18-8)7-15(2)19(16,17)11-10(5-12)6-13-14-11/h3-4,6H,5,7,12H2,1-2H3,(H,13,14). The fourth-order valence-corrected chi connectivity index (χ4v) is 2.98. The van der Waals surface area contributed by atoms with E-state index in [1.54, 1.807) is 13.0 Å². The highest BCUT2D eigenvalue weighted by Gasteiger charge is 2.26. The monoisotopic (exact) mass is 284 g/mol. The normalized spacial score (nSPS) is 12.2. The van der Waals surface area contributed by atoms with E-state index < -0.39 is 10.0 Å². The number of hydrogen-bond acceptors (Lipinski definition) is 5. The number of nitrogens with one attached hydrogen (secondary N) is 1. The second kappa shape index (κ2) is 5.16. The van der Waals surface area contributed by atoms with Crippen LogP contribution in [0, 0.1) is 6.92 Å². The van der Waals surface area contributed by atoms with Crippen LogP contribution in [0.1, 0.15) is 16.9 Å². The van der Waals surface area contributed by atoms with Gasteiger partial charge in [-0.2, -0.15) is 9.40 Å². The molecule has 0 fully saturated rings. The third kappa shape index (κ3) is 2.55. The summed E-state index contributed by atoms with van der Waals surface area (Å²) in [6, 6.07) is 1.75. The molecule has 0 spiro atoms. The topological polar surface area (TPSA) is 105 Å². The van der Waals surface area contributed by atoms with Crippen LogP contribution >= 0.6 is 0 Å². The van der Waals surface area contributed by atoms with Gasteiger partial charge in [0.25, 0.3) is 10.0 Å². The van der Waals surface area contributed by atoms with Gasteiger partial charge in [0.15, 0.2) is 5.03 Å². The van der Waals surface area contributed by atoms with E-state index in [2.05, 4.69) is 10.2 Å². The van der Waals surface area contributed by atoms with Crippen molar-refractivity contribution in [2.45, 2.75) is 25.0 Å². The fraction of sp³-hybridized carbons (Fsp3) is 0.364. The van der Waals surface area contributed by atoms with Gasteiger partial charge in [-0.1, -0.05) is 0 Å². The van der Waals surface area contributed by atoms with Gasteiger partial charge < -0.3 is 10.2 Å². The van der Waals surface area contributed by atoms with E-state index >= 15 is 0 Å². The first-order chi connectivity index (χ1) is 8.96. The van der Waals surface area contributed by atoms with Crippen molar-refractivity contribution in [2.75, 3.05) is 7.05 Å². The minimum atomic E-state index is -3.64. The van der Waals surface area contributed by atoms with Crippen molar-refractivity contribution < 1.29 is 12.8 Å². The van der Waals surface area contributed by atoms with Crippen LogP contribution in [-0.4, -0.2) is 30.0 Å². The Morgan fingerprint density at radius 3 is 2.79 bits per heavy atom. The molecule has 104 valence electrons. The average Bonchev–Trinajstić information content (AvgIpc) is 2.98. The lowest BCUT2D eigenvalue weighted by atomic mass is 10.3. The van der Waals surface area contributed by atoms with Crippen molar-refractivity contribution in [1.29, 1.82) is 0 Å². The van der Waals surface area contributed by atoms with Gasteiger partial charge in [-0.3, -0.25) is 5.10 Å². The van der Waals surface area contributed by atoms with Crippen molar-refractivity contribution in [3.8, 4) is 0 Å². The van der Waals surface area contributed by atoms with E-state index in [-0.39, 0.29) is 18.1 Å². The molecule has 0 bridgehead atoms. The zero-order chi connectivity index (χ0) is 14.0. The van der Waals surface area contributed by atoms with Gasteiger partial charge in [-0.05, 0) is 13.0 Å². The molecule has 0 radical (unpaired) electrons. The zero-order valence-electron chi connectivity index (χ0n) is 10.8. The maximum atomic E-state index is 12.4. The lowest BCUT2D eigenvalue weighted by Gasteiger charge is -2.16. The number of aryl methyl sites for hydroxylation is 1. The zero-order valence-corrected chi connectivity index (χ0v) is 11.6. The molecule has 0 atom stereocenters. The number of furan rings is 1. The molecule has 0 aliphatic heterocycles. The van der Waals surface area contributed by atoms with Crippen LogP contribution in [0.4, 0.5) is 0 Å². The summed E-state index contributed by atoms with van der Waals surface area (Å²) in [7, 11) is -2.13. The molecule has 8 heteroatoms. The number of nitrogens with zero attached hydrogens (tertiary/aromatic N) is 2. The molecule has 2 aromatic heterocycles. The van der Waals surface area contributed by atoms with Gasteiger partial charge in [-0.25, -0.2) is 8.42 Å². The van der Waals surface area contributed by atoms with E-state index in [0.717, 1.165) is 5.56 Å². The Labute approximate surface area is 111 Å². The van der Waals surface area contributed by atoms with Crippen LogP contribution < -0.4 is 5.73 Å². The molecule has 0 saturated carbocycles. The van der Waals surface area contributed by atoms with Crippen molar-refractivity contribution in [2.24, 2.45) is 5.73 Å². The van der Waals surface area contributed by atoms with Gasteiger partial charge in [0.2, 0.25) is 0 Å². The summed E-state index contributed by atoms with van der Waals surface area (Å²) in [5.41, 5.74) is 6.78. The van der Waals surface area contributed by atoms with Crippen LogP contribution in [0.3, 0.4) is 0 Å². The van der Waals surface area contributed by atoms with E-state index in [4.69, 9.17) is 10.2 Å². The molecule has 0 aliphatic rings. The van der Waals surface area contributed by atoms with Crippen molar-refractivity contribution in [3.63, 3.8) is 0 Å². The second-order valence-electron chi connectivity index (χ2n) is 4.19. The summed E-state index contributed by atoms with van der Waals surface area (Å²) in [5.74, 6) is 0.700. The minimum Gasteiger partial charge on any atom is -0.469 e. The molecule has 0 aliphatic carbocycles. The maximum Gasteiger partial charge on any atom is 0.260 e. The molecule has 3 N–H and O–H groups in total. The minimum absolute atomic E-state index is 0.0404. The molecular formula is C11H16N4O3S. The van der Waals surface area contributed by atoms with Crippen molar-refractivity contribution >= 4 is 10.0 Å². The molecule has 0 unspecified atom stereocenters. The highest BCUT2D eigenvalue weighted by molar-refractivity contribution is 7.89. The maximum absolute atomic E-state index is 12.4. The Morgan fingerprint density at radius 1 is 1.47 bits per heavy atom. The summed E-state index contributed by atoms with van der Waals surface area (Å²) in [6.07, 6.45) is 2.95. The summed E-state index contributed by atoms with van der Waals surface area (Å²) in [6.45, 7) is 2.13. The van der Waals surface area contributed by atoms with Crippen LogP contribution in [0.25, 0.3) is 0 Å². The third-order valence-corrected chi connectivity index (χ3v) is 4.74. The number of hydrogen-bond donors (Lipinski definition) is 2. The first kappa shape index (κ1) is 13.8. The number of aromatic amines is 1. The third-order valence-electron chi connectivity index (χ3n) is 2.93. The van der Waals surface area contributed by atoms with Gasteiger partial charge >= 0.3 is 0 Å². The fourth-order valence-electron chi connectivity index (χ4n) is 1.72. The first-order valence-corrected chi connectivity index (χ1v) is 7.12. The number of sulfonamides is 1. The van der Waals surface area contributed by atoms with Crippen LogP contribution in [0.15, 0.2) is 28.0 Å². The first-order valence-electron chi connectivity index (χ1n) is 5.68. The molecule has 2 rings (SSSR count). The van der Waals surface area contributed by atoms with E-state index in [1.165, 1.54) is 23.8 Å².